The van der Waals surface area contributed by atoms with Gasteiger partial charge in [-0.25, -0.2) is 0 Å². The van der Waals surface area contributed by atoms with Crippen LogP contribution in [0.5, 0.6) is 0 Å². The summed E-state index contributed by atoms with van der Waals surface area (Å²) in [6.07, 6.45) is 0.929. The minimum absolute atomic E-state index is 0.279. The van der Waals surface area contributed by atoms with Gasteiger partial charge in [-0.15, -0.1) is 0 Å². The molecule has 6 nitrogen and oxygen atoms in total. The van der Waals surface area contributed by atoms with Crippen LogP contribution in [0.15, 0.2) is 12.1 Å². The van der Waals surface area contributed by atoms with E-state index >= 15 is 0 Å². The van der Waals surface area contributed by atoms with Gasteiger partial charge in [-0.2, -0.15) is 17.4 Å². The van der Waals surface area contributed by atoms with Crippen molar-refractivity contribution in [2.24, 2.45) is 0 Å². The second-order valence-corrected chi connectivity index (χ2v) is 8.02. The van der Waals surface area contributed by atoms with Gasteiger partial charge < -0.3 is 9.72 Å². The summed E-state index contributed by atoms with van der Waals surface area (Å²) < 4.78 is 34.3. The van der Waals surface area contributed by atoms with Crippen LogP contribution in [0.4, 0.5) is 0 Å². The number of aromatic amines is 1. The zero-order valence-corrected chi connectivity index (χ0v) is 15.3. The molecular formula is C17H25N3O3S. The van der Waals surface area contributed by atoms with Gasteiger partial charge in [-0.05, 0) is 37.5 Å². The van der Waals surface area contributed by atoms with Crippen molar-refractivity contribution < 1.29 is 13.2 Å². The highest BCUT2D eigenvalue weighted by molar-refractivity contribution is 7.87. The number of rotatable bonds is 5. The van der Waals surface area contributed by atoms with Crippen molar-refractivity contribution >= 4 is 21.1 Å². The number of H-pyrrole nitrogens is 1. The minimum Gasteiger partial charge on any atom is -0.379 e. The van der Waals surface area contributed by atoms with E-state index in [0.717, 1.165) is 23.1 Å². The van der Waals surface area contributed by atoms with E-state index in [0.29, 0.717) is 26.3 Å². The third-order valence-corrected chi connectivity index (χ3v) is 6.16. The monoisotopic (exact) mass is 351 g/mol. The van der Waals surface area contributed by atoms with Crippen molar-refractivity contribution in [3.05, 3.63) is 34.5 Å². The highest BCUT2D eigenvalue weighted by atomic mass is 32.2. The highest BCUT2D eigenvalue weighted by Gasteiger charge is 2.24. The van der Waals surface area contributed by atoms with E-state index in [2.05, 4.69) is 29.6 Å². The summed E-state index contributed by atoms with van der Waals surface area (Å²) >= 11 is 0. The molecule has 1 aromatic carbocycles. The van der Waals surface area contributed by atoms with Gasteiger partial charge in [0.25, 0.3) is 10.2 Å². The summed E-state index contributed by atoms with van der Waals surface area (Å²) in [4.78, 5) is 3.46. The Morgan fingerprint density at radius 1 is 1.25 bits per heavy atom. The average molecular weight is 351 g/mol. The lowest BCUT2D eigenvalue weighted by Gasteiger charge is -2.26. The highest BCUT2D eigenvalue weighted by Crippen LogP contribution is 2.27. The number of nitrogens with one attached hydrogen (secondary N) is 2. The number of aromatic nitrogens is 1. The molecule has 1 aliphatic rings. The van der Waals surface area contributed by atoms with Gasteiger partial charge in [0.05, 0.1) is 18.7 Å². The predicted octanol–water partition coefficient (Wildman–Crippen LogP) is 2.01. The fourth-order valence-electron chi connectivity index (χ4n) is 3.25. The van der Waals surface area contributed by atoms with Crippen molar-refractivity contribution in [1.29, 1.82) is 0 Å². The molecular weight excluding hydrogens is 326 g/mol. The van der Waals surface area contributed by atoms with E-state index in [-0.39, 0.29) is 6.54 Å². The molecule has 2 aromatic rings. The van der Waals surface area contributed by atoms with Crippen LogP contribution in [-0.4, -0.2) is 44.0 Å². The van der Waals surface area contributed by atoms with E-state index in [1.54, 1.807) is 0 Å². The molecule has 1 aromatic heterocycles. The number of morpholine rings is 1. The first-order valence-corrected chi connectivity index (χ1v) is 9.79. The lowest BCUT2D eigenvalue weighted by atomic mass is 10.0. The summed E-state index contributed by atoms with van der Waals surface area (Å²) in [5.74, 6) is 0. The topological polar surface area (TPSA) is 74.4 Å². The molecule has 1 fully saturated rings. The average Bonchev–Trinajstić information content (AvgIpc) is 2.90. The number of hydrogen-bond donors (Lipinski definition) is 2. The molecule has 7 heteroatoms. The van der Waals surface area contributed by atoms with E-state index in [4.69, 9.17) is 4.74 Å². The van der Waals surface area contributed by atoms with Crippen LogP contribution in [0, 0.1) is 13.8 Å². The normalized spacial score (nSPS) is 16.8. The number of aryl methyl sites for hydroxylation is 3. The van der Waals surface area contributed by atoms with Gasteiger partial charge in [0.2, 0.25) is 0 Å². The van der Waals surface area contributed by atoms with Gasteiger partial charge >= 0.3 is 0 Å². The molecule has 132 valence electrons. The third-order valence-electron chi connectivity index (χ3n) is 4.61. The van der Waals surface area contributed by atoms with Crippen LogP contribution < -0.4 is 4.72 Å². The molecule has 0 atom stereocenters. The molecule has 0 spiro atoms. The maximum absolute atomic E-state index is 12.5. The quantitative estimate of drug-likeness (QED) is 0.865. The molecule has 24 heavy (non-hydrogen) atoms. The summed E-state index contributed by atoms with van der Waals surface area (Å²) in [6, 6.07) is 4.19. The fourth-order valence-corrected chi connectivity index (χ4v) is 4.40. The smallest absolute Gasteiger partial charge is 0.279 e. The van der Waals surface area contributed by atoms with E-state index in [9.17, 15) is 8.42 Å². The lowest BCUT2D eigenvalue weighted by molar-refractivity contribution is 0.0725. The van der Waals surface area contributed by atoms with E-state index in [1.807, 2.05) is 13.0 Å². The Labute approximate surface area is 143 Å². The van der Waals surface area contributed by atoms with Crippen molar-refractivity contribution in [1.82, 2.24) is 14.0 Å². The van der Waals surface area contributed by atoms with E-state index in [1.165, 1.54) is 20.9 Å². The largest absolute Gasteiger partial charge is 0.379 e. The Hall–Kier alpha value is -1.41. The second kappa shape index (κ2) is 6.84. The van der Waals surface area contributed by atoms with Crippen LogP contribution in [0.3, 0.4) is 0 Å². The molecule has 1 saturated heterocycles. The van der Waals surface area contributed by atoms with Gasteiger partial charge in [-0.1, -0.05) is 18.6 Å². The number of hydrogen-bond acceptors (Lipinski definition) is 3. The molecule has 1 aliphatic heterocycles. The Bertz CT molecular complexity index is 836. The summed E-state index contributed by atoms with van der Waals surface area (Å²) in [6.45, 7) is 8.25. The third kappa shape index (κ3) is 3.35. The molecule has 2 N–H and O–H groups in total. The summed E-state index contributed by atoms with van der Waals surface area (Å²) in [5, 5.41) is 1.17. The van der Waals surface area contributed by atoms with Crippen LogP contribution >= 0.6 is 0 Å². The van der Waals surface area contributed by atoms with Crippen molar-refractivity contribution in [3.8, 4) is 0 Å². The maximum atomic E-state index is 12.5. The first-order valence-electron chi connectivity index (χ1n) is 8.35. The Morgan fingerprint density at radius 3 is 2.62 bits per heavy atom. The van der Waals surface area contributed by atoms with Crippen LogP contribution in [-0.2, 0) is 27.9 Å². The Kier molecular flexibility index (Phi) is 4.96. The summed E-state index contributed by atoms with van der Waals surface area (Å²) in [5.41, 5.74) is 5.58. The SMILES string of the molecule is CCc1[nH]c2c(CNS(=O)(=O)N3CCOCC3)cc(C)cc2c1C. The van der Waals surface area contributed by atoms with Gasteiger partial charge in [-0.3, -0.25) is 0 Å². The van der Waals surface area contributed by atoms with Crippen molar-refractivity contribution in [2.45, 2.75) is 33.7 Å². The van der Waals surface area contributed by atoms with Crippen molar-refractivity contribution in [2.75, 3.05) is 26.3 Å². The zero-order valence-electron chi connectivity index (χ0n) is 14.5. The number of ether oxygens (including phenoxy) is 1. The zero-order chi connectivity index (χ0) is 17.3. The molecule has 3 rings (SSSR count). The molecule has 0 saturated carbocycles. The predicted molar refractivity (Wildman–Crippen MR) is 95.3 cm³/mol. The molecule has 0 bridgehead atoms. The molecule has 0 unspecified atom stereocenters. The minimum atomic E-state index is -3.48. The molecule has 2 heterocycles. The Balaban J connectivity index is 1.87. The first kappa shape index (κ1) is 17.4. The van der Waals surface area contributed by atoms with Gasteiger partial charge in [0, 0.05) is 30.7 Å². The van der Waals surface area contributed by atoms with E-state index < -0.39 is 10.2 Å². The fraction of sp³-hybridized carbons (Fsp3) is 0.529. The molecule has 0 aliphatic carbocycles. The van der Waals surface area contributed by atoms with Crippen LogP contribution in [0.1, 0.15) is 29.3 Å². The first-order chi connectivity index (χ1) is 11.4. The van der Waals surface area contributed by atoms with Crippen LogP contribution in [0.25, 0.3) is 10.9 Å². The van der Waals surface area contributed by atoms with Crippen molar-refractivity contribution in [3.63, 3.8) is 0 Å². The second-order valence-electron chi connectivity index (χ2n) is 6.27. The lowest BCUT2D eigenvalue weighted by Crippen LogP contribution is -2.46. The standard InChI is InChI=1S/C17H25N3O3S/c1-4-16-13(3)15-10-12(2)9-14(17(15)19-16)11-18-24(21,22)20-5-7-23-8-6-20/h9-10,18-19H,4-8,11H2,1-3H3. The Morgan fingerprint density at radius 2 is 1.96 bits per heavy atom. The van der Waals surface area contributed by atoms with Gasteiger partial charge in [0.15, 0.2) is 0 Å². The van der Waals surface area contributed by atoms with Gasteiger partial charge in [0.1, 0.15) is 0 Å². The molecule has 0 amide bonds. The maximum Gasteiger partial charge on any atom is 0.279 e. The molecule has 0 radical (unpaired) electrons. The number of fused-ring (bicyclic) bond motifs is 1. The summed E-state index contributed by atoms with van der Waals surface area (Å²) in [7, 11) is -3.48. The number of benzene rings is 1. The number of nitrogens with zero attached hydrogens (tertiary/aromatic N) is 1. The van der Waals surface area contributed by atoms with Crippen LogP contribution in [0.2, 0.25) is 0 Å².